The van der Waals surface area contributed by atoms with Gasteiger partial charge in [0.1, 0.15) is 0 Å². The molecule has 2 atom stereocenters. The molecular weight excluding hydrogens is 252 g/mol. The lowest BCUT2D eigenvalue weighted by atomic mass is 10.2. The number of nitrogens with one attached hydrogen (secondary N) is 2. The van der Waals surface area contributed by atoms with Gasteiger partial charge in [0.25, 0.3) is 5.91 Å². The first-order valence-electron chi connectivity index (χ1n) is 6.33. The van der Waals surface area contributed by atoms with Crippen LogP contribution in [0.3, 0.4) is 0 Å². The van der Waals surface area contributed by atoms with E-state index in [1.54, 1.807) is 13.8 Å². The van der Waals surface area contributed by atoms with Crippen molar-refractivity contribution >= 4 is 17.9 Å². The third kappa shape index (κ3) is 5.25. The largest absolute Gasteiger partial charge is 0.451 e. The molecule has 1 rings (SSSR count). The molecule has 1 saturated heterocycles. The van der Waals surface area contributed by atoms with Crippen LogP contribution in [-0.4, -0.2) is 42.8 Å². The van der Waals surface area contributed by atoms with Crippen molar-refractivity contribution in [2.75, 3.05) is 6.61 Å². The van der Waals surface area contributed by atoms with Gasteiger partial charge in [-0.2, -0.15) is 0 Å². The predicted octanol–water partition coefficient (Wildman–Crippen LogP) is 0.331. The summed E-state index contributed by atoms with van der Waals surface area (Å²) >= 11 is 0. The topological polar surface area (TPSA) is 93.7 Å². The minimum atomic E-state index is -1.03. The van der Waals surface area contributed by atoms with Crippen LogP contribution < -0.4 is 10.6 Å². The fraction of sp³-hybridized carbons (Fsp3) is 0.750. The Hall–Kier alpha value is -1.63. The number of carbonyl (C=O) groups excluding carboxylic acids is 3. The zero-order chi connectivity index (χ0) is 14.4. The molecule has 108 valence electrons. The maximum Gasteiger partial charge on any atom is 0.336 e. The molecule has 0 spiro atoms. The number of esters is 1. The summed E-state index contributed by atoms with van der Waals surface area (Å²) in [6.45, 7) is 5.47. The van der Waals surface area contributed by atoms with Crippen molar-refractivity contribution in [2.45, 2.75) is 51.9 Å². The van der Waals surface area contributed by atoms with Gasteiger partial charge in [0.2, 0.25) is 0 Å². The second kappa shape index (κ2) is 7.08. The molecule has 2 N–H and O–H groups in total. The van der Waals surface area contributed by atoms with E-state index in [0.29, 0.717) is 13.0 Å². The van der Waals surface area contributed by atoms with Crippen molar-refractivity contribution in [3.8, 4) is 0 Å². The molecule has 1 aliphatic heterocycles. The highest BCUT2D eigenvalue weighted by Crippen LogP contribution is 2.14. The summed E-state index contributed by atoms with van der Waals surface area (Å²) in [7, 11) is 0. The zero-order valence-electron chi connectivity index (χ0n) is 11.4. The standard InChI is InChI=1S/C12H20N2O5/c1-7(2)13-12(17)14-10(15)8(3)19-11(16)9-5-4-6-18-9/h7-9H,4-6H2,1-3H3,(H2,13,14,15,17)/t8-,9-/m1/s1. The highest BCUT2D eigenvalue weighted by atomic mass is 16.6. The van der Waals surface area contributed by atoms with E-state index in [2.05, 4.69) is 10.6 Å². The maximum atomic E-state index is 11.6. The summed E-state index contributed by atoms with van der Waals surface area (Å²) in [5.41, 5.74) is 0. The Morgan fingerprint density at radius 3 is 2.47 bits per heavy atom. The van der Waals surface area contributed by atoms with Crippen molar-refractivity contribution in [3.63, 3.8) is 0 Å². The summed E-state index contributed by atoms with van der Waals surface area (Å²) in [5, 5.41) is 4.60. The summed E-state index contributed by atoms with van der Waals surface area (Å²) in [5.74, 6) is -1.23. The summed E-state index contributed by atoms with van der Waals surface area (Å²) < 4.78 is 10.1. The molecule has 0 radical (unpaired) electrons. The van der Waals surface area contributed by atoms with Crippen LogP contribution >= 0.6 is 0 Å². The second-order valence-corrected chi connectivity index (χ2v) is 4.70. The van der Waals surface area contributed by atoms with E-state index in [-0.39, 0.29) is 6.04 Å². The minimum absolute atomic E-state index is 0.0856. The average Bonchev–Trinajstić information content (AvgIpc) is 2.80. The molecule has 0 aromatic carbocycles. The van der Waals surface area contributed by atoms with E-state index < -0.39 is 30.1 Å². The first-order chi connectivity index (χ1) is 8.90. The predicted molar refractivity (Wildman–Crippen MR) is 66.3 cm³/mol. The number of amides is 3. The number of imide groups is 1. The van der Waals surface area contributed by atoms with Crippen molar-refractivity contribution in [1.29, 1.82) is 0 Å². The lowest BCUT2D eigenvalue weighted by Gasteiger charge is -2.16. The normalized spacial score (nSPS) is 19.9. The Labute approximate surface area is 112 Å². The number of urea groups is 1. The molecule has 1 aliphatic rings. The third-order valence-corrected chi connectivity index (χ3v) is 2.51. The van der Waals surface area contributed by atoms with Crippen LogP contribution in [0.4, 0.5) is 4.79 Å². The quantitative estimate of drug-likeness (QED) is 0.719. The number of hydrogen-bond donors (Lipinski definition) is 2. The molecule has 1 fully saturated rings. The van der Waals surface area contributed by atoms with Gasteiger partial charge < -0.3 is 14.8 Å². The van der Waals surface area contributed by atoms with Crippen LogP contribution in [0.5, 0.6) is 0 Å². The van der Waals surface area contributed by atoms with Crippen LogP contribution in [0, 0.1) is 0 Å². The van der Waals surface area contributed by atoms with Gasteiger partial charge in [0.15, 0.2) is 12.2 Å². The first kappa shape index (κ1) is 15.4. The minimum Gasteiger partial charge on any atom is -0.451 e. The van der Waals surface area contributed by atoms with Crippen LogP contribution in [0.2, 0.25) is 0 Å². The Morgan fingerprint density at radius 1 is 1.26 bits per heavy atom. The smallest absolute Gasteiger partial charge is 0.336 e. The van der Waals surface area contributed by atoms with Crippen LogP contribution in [0.25, 0.3) is 0 Å². The van der Waals surface area contributed by atoms with Crippen LogP contribution in [-0.2, 0) is 19.1 Å². The van der Waals surface area contributed by atoms with Crippen molar-refractivity contribution in [2.24, 2.45) is 0 Å². The molecule has 0 aliphatic carbocycles. The van der Waals surface area contributed by atoms with E-state index in [4.69, 9.17) is 9.47 Å². The number of hydrogen-bond acceptors (Lipinski definition) is 5. The summed E-state index contributed by atoms with van der Waals surface area (Å²) in [4.78, 5) is 34.5. The first-order valence-corrected chi connectivity index (χ1v) is 6.33. The molecule has 0 aromatic rings. The van der Waals surface area contributed by atoms with Crippen molar-refractivity contribution in [3.05, 3.63) is 0 Å². The van der Waals surface area contributed by atoms with Gasteiger partial charge in [-0.25, -0.2) is 9.59 Å². The molecular formula is C12H20N2O5. The molecule has 7 heteroatoms. The monoisotopic (exact) mass is 272 g/mol. The lowest BCUT2D eigenvalue weighted by molar-refractivity contribution is -0.163. The van der Waals surface area contributed by atoms with Crippen LogP contribution in [0.1, 0.15) is 33.6 Å². The van der Waals surface area contributed by atoms with Gasteiger partial charge in [-0.1, -0.05) is 0 Å². The summed E-state index contributed by atoms with van der Waals surface area (Å²) in [6, 6.07) is -0.697. The molecule has 0 unspecified atom stereocenters. The number of carbonyl (C=O) groups is 3. The summed E-state index contributed by atoms with van der Waals surface area (Å²) in [6.07, 6.45) is -0.229. The van der Waals surface area contributed by atoms with Gasteiger partial charge in [0, 0.05) is 12.6 Å². The van der Waals surface area contributed by atoms with Crippen molar-refractivity contribution in [1.82, 2.24) is 10.6 Å². The SMILES string of the molecule is CC(C)NC(=O)NC(=O)[C@@H](C)OC(=O)[C@H]1CCCO1. The molecule has 0 saturated carbocycles. The Bertz CT molecular complexity index is 350. The Morgan fingerprint density at radius 2 is 1.95 bits per heavy atom. The van der Waals surface area contributed by atoms with Gasteiger partial charge >= 0.3 is 12.0 Å². The molecule has 3 amide bonds. The van der Waals surface area contributed by atoms with Gasteiger partial charge in [-0.3, -0.25) is 10.1 Å². The average molecular weight is 272 g/mol. The Kier molecular flexibility index (Phi) is 5.75. The third-order valence-electron chi connectivity index (χ3n) is 2.51. The number of rotatable bonds is 4. The highest BCUT2D eigenvalue weighted by molar-refractivity contribution is 5.97. The van der Waals surface area contributed by atoms with E-state index in [9.17, 15) is 14.4 Å². The number of ether oxygens (including phenoxy) is 2. The van der Waals surface area contributed by atoms with Crippen LogP contribution in [0.15, 0.2) is 0 Å². The van der Waals surface area contributed by atoms with Gasteiger partial charge in [-0.15, -0.1) is 0 Å². The van der Waals surface area contributed by atoms with E-state index in [0.717, 1.165) is 6.42 Å². The Balaban J connectivity index is 2.35. The zero-order valence-corrected chi connectivity index (χ0v) is 11.4. The molecule has 0 aromatic heterocycles. The fourth-order valence-electron chi connectivity index (χ4n) is 1.58. The lowest BCUT2D eigenvalue weighted by Crippen LogP contribution is -2.47. The van der Waals surface area contributed by atoms with Gasteiger partial charge in [-0.05, 0) is 33.6 Å². The van der Waals surface area contributed by atoms with E-state index in [1.165, 1.54) is 6.92 Å². The molecule has 0 bridgehead atoms. The molecule has 7 nitrogen and oxygen atoms in total. The maximum absolute atomic E-state index is 11.6. The molecule has 19 heavy (non-hydrogen) atoms. The van der Waals surface area contributed by atoms with E-state index >= 15 is 0 Å². The van der Waals surface area contributed by atoms with Gasteiger partial charge in [0.05, 0.1) is 0 Å². The molecule has 1 heterocycles. The second-order valence-electron chi connectivity index (χ2n) is 4.70. The fourth-order valence-corrected chi connectivity index (χ4v) is 1.58. The van der Waals surface area contributed by atoms with E-state index in [1.807, 2.05) is 0 Å². The highest BCUT2D eigenvalue weighted by Gasteiger charge is 2.28. The van der Waals surface area contributed by atoms with Crippen molar-refractivity contribution < 1.29 is 23.9 Å².